The van der Waals surface area contributed by atoms with Gasteiger partial charge in [-0.1, -0.05) is 24.1 Å². The lowest BCUT2D eigenvalue weighted by atomic mass is 10.1. The van der Waals surface area contributed by atoms with Gasteiger partial charge in [0.15, 0.2) is 0 Å². The Morgan fingerprint density at radius 3 is 2.67 bits per heavy atom. The Hall–Kier alpha value is -1.46. The molecular weight excluding hydrogens is 186 g/mol. The third-order valence-electron chi connectivity index (χ3n) is 2.39. The molecule has 1 atom stereocenters. The van der Waals surface area contributed by atoms with Crippen LogP contribution in [0.15, 0.2) is 24.3 Å². The van der Waals surface area contributed by atoms with E-state index in [9.17, 15) is 5.11 Å². The summed E-state index contributed by atoms with van der Waals surface area (Å²) in [6.07, 6.45) is 4.85. The smallest absolute Gasteiger partial charge is 0.0791 e. The first-order valence-electron chi connectivity index (χ1n) is 5.16. The Morgan fingerprint density at radius 1 is 1.47 bits per heavy atom. The van der Waals surface area contributed by atoms with Gasteiger partial charge in [0.05, 0.1) is 12.6 Å². The molecule has 0 aliphatic carbocycles. The second kappa shape index (κ2) is 5.43. The molecule has 0 spiro atoms. The molecular formula is C13H17NO. The number of benzene rings is 1. The van der Waals surface area contributed by atoms with Gasteiger partial charge in [-0.05, 0) is 19.9 Å². The molecule has 0 bridgehead atoms. The monoisotopic (exact) mass is 203 g/mol. The third-order valence-corrected chi connectivity index (χ3v) is 2.39. The molecule has 0 aliphatic rings. The molecule has 0 saturated carbocycles. The van der Waals surface area contributed by atoms with Crippen LogP contribution in [0.3, 0.4) is 0 Å². The number of hydrogen-bond acceptors (Lipinski definition) is 2. The summed E-state index contributed by atoms with van der Waals surface area (Å²) in [5.74, 6) is 2.63. The molecule has 1 aromatic carbocycles. The maximum absolute atomic E-state index is 9.64. The van der Waals surface area contributed by atoms with Gasteiger partial charge in [-0.2, -0.15) is 0 Å². The SMILES string of the molecule is C#CCN(CC)c1ccccc1C(C)O. The predicted molar refractivity (Wildman–Crippen MR) is 63.8 cm³/mol. The molecule has 0 radical (unpaired) electrons. The molecule has 0 amide bonds. The fourth-order valence-corrected chi connectivity index (χ4v) is 1.61. The lowest BCUT2D eigenvalue weighted by molar-refractivity contribution is 0.199. The van der Waals surface area contributed by atoms with Crippen molar-refractivity contribution in [2.45, 2.75) is 20.0 Å². The number of terminal acetylenes is 1. The van der Waals surface area contributed by atoms with Crippen molar-refractivity contribution in [3.05, 3.63) is 29.8 Å². The van der Waals surface area contributed by atoms with Crippen LogP contribution in [0, 0.1) is 12.3 Å². The largest absolute Gasteiger partial charge is 0.389 e. The minimum atomic E-state index is -0.465. The second-order valence-electron chi connectivity index (χ2n) is 3.45. The highest BCUT2D eigenvalue weighted by Gasteiger charge is 2.11. The molecule has 80 valence electrons. The van der Waals surface area contributed by atoms with E-state index in [-0.39, 0.29) is 0 Å². The van der Waals surface area contributed by atoms with E-state index in [2.05, 4.69) is 17.7 Å². The van der Waals surface area contributed by atoms with Crippen LogP contribution in [0.2, 0.25) is 0 Å². The van der Waals surface area contributed by atoms with Gasteiger partial charge >= 0.3 is 0 Å². The third kappa shape index (κ3) is 2.74. The minimum Gasteiger partial charge on any atom is -0.389 e. The van der Waals surface area contributed by atoms with Gasteiger partial charge in [0.25, 0.3) is 0 Å². The van der Waals surface area contributed by atoms with E-state index in [1.54, 1.807) is 6.92 Å². The zero-order chi connectivity index (χ0) is 11.3. The molecule has 1 rings (SSSR count). The van der Waals surface area contributed by atoms with Crippen molar-refractivity contribution in [3.8, 4) is 12.3 Å². The second-order valence-corrected chi connectivity index (χ2v) is 3.45. The summed E-state index contributed by atoms with van der Waals surface area (Å²) < 4.78 is 0. The minimum absolute atomic E-state index is 0.465. The van der Waals surface area contributed by atoms with Crippen LogP contribution >= 0.6 is 0 Å². The van der Waals surface area contributed by atoms with Crippen LogP contribution in [0.25, 0.3) is 0 Å². The summed E-state index contributed by atoms with van der Waals surface area (Å²) >= 11 is 0. The molecule has 1 unspecified atom stereocenters. The molecule has 1 aromatic rings. The maximum atomic E-state index is 9.64. The molecule has 0 aliphatic heterocycles. The summed E-state index contributed by atoms with van der Waals surface area (Å²) in [7, 11) is 0. The lowest BCUT2D eigenvalue weighted by Gasteiger charge is -2.24. The fraction of sp³-hybridized carbons (Fsp3) is 0.385. The summed E-state index contributed by atoms with van der Waals surface area (Å²) in [4.78, 5) is 2.07. The van der Waals surface area contributed by atoms with Gasteiger partial charge in [0, 0.05) is 17.8 Å². The summed E-state index contributed by atoms with van der Waals surface area (Å²) in [5.41, 5.74) is 1.95. The van der Waals surface area contributed by atoms with E-state index < -0.39 is 6.10 Å². The van der Waals surface area contributed by atoms with Crippen LogP contribution in [-0.4, -0.2) is 18.2 Å². The number of nitrogens with zero attached hydrogens (tertiary/aromatic N) is 1. The number of para-hydroxylation sites is 1. The van der Waals surface area contributed by atoms with Gasteiger partial charge in [0.1, 0.15) is 0 Å². The van der Waals surface area contributed by atoms with Crippen molar-refractivity contribution >= 4 is 5.69 Å². The molecule has 2 nitrogen and oxygen atoms in total. The van der Waals surface area contributed by atoms with Crippen LogP contribution in [0.5, 0.6) is 0 Å². The highest BCUT2D eigenvalue weighted by molar-refractivity contribution is 5.55. The molecule has 1 N–H and O–H groups in total. The Labute approximate surface area is 91.5 Å². The zero-order valence-corrected chi connectivity index (χ0v) is 9.27. The lowest BCUT2D eigenvalue weighted by Crippen LogP contribution is -2.24. The van der Waals surface area contributed by atoms with E-state index >= 15 is 0 Å². The van der Waals surface area contributed by atoms with Crippen molar-refractivity contribution in [1.82, 2.24) is 0 Å². The average molecular weight is 203 g/mol. The van der Waals surface area contributed by atoms with E-state index in [4.69, 9.17) is 6.42 Å². The van der Waals surface area contributed by atoms with Crippen molar-refractivity contribution in [2.75, 3.05) is 18.0 Å². The van der Waals surface area contributed by atoms with Gasteiger partial charge < -0.3 is 10.0 Å². The number of aliphatic hydroxyl groups excluding tert-OH is 1. The van der Waals surface area contributed by atoms with Crippen LogP contribution in [0.4, 0.5) is 5.69 Å². The first-order chi connectivity index (χ1) is 7.20. The van der Waals surface area contributed by atoms with Crippen molar-refractivity contribution in [2.24, 2.45) is 0 Å². The Kier molecular flexibility index (Phi) is 4.20. The van der Waals surface area contributed by atoms with E-state index in [0.717, 1.165) is 17.8 Å². The highest BCUT2D eigenvalue weighted by atomic mass is 16.3. The molecule has 0 heterocycles. The average Bonchev–Trinajstić information content (AvgIpc) is 2.26. The fourth-order valence-electron chi connectivity index (χ4n) is 1.61. The first kappa shape index (κ1) is 11.6. The predicted octanol–water partition coefficient (Wildman–Crippen LogP) is 2.20. The van der Waals surface area contributed by atoms with Crippen molar-refractivity contribution < 1.29 is 5.11 Å². The van der Waals surface area contributed by atoms with Crippen LogP contribution in [-0.2, 0) is 0 Å². The molecule has 0 saturated heterocycles. The van der Waals surface area contributed by atoms with E-state index in [0.29, 0.717) is 6.54 Å². The van der Waals surface area contributed by atoms with Crippen LogP contribution < -0.4 is 4.90 Å². The Morgan fingerprint density at radius 2 is 2.13 bits per heavy atom. The molecule has 0 fully saturated rings. The van der Waals surface area contributed by atoms with Gasteiger partial charge in [-0.25, -0.2) is 0 Å². The Bertz CT molecular complexity index is 352. The quantitative estimate of drug-likeness (QED) is 0.758. The first-order valence-corrected chi connectivity index (χ1v) is 5.16. The van der Waals surface area contributed by atoms with E-state index in [1.807, 2.05) is 24.3 Å². The standard InChI is InChI=1S/C13H17NO/c1-4-10-14(5-2)13-9-7-6-8-12(13)11(3)15/h1,6-9,11,15H,5,10H2,2-3H3. The maximum Gasteiger partial charge on any atom is 0.0791 e. The normalized spacial score (nSPS) is 11.9. The van der Waals surface area contributed by atoms with Gasteiger partial charge in [0.2, 0.25) is 0 Å². The summed E-state index contributed by atoms with van der Waals surface area (Å²) in [6, 6.07) is 7.80. The summed E-state index contributed by atoms with van der Waals surface area (Å²) in [5, 5.41) is 9.64. The van der Waals surface area contributed by atoms with Crippen molar-refractivity contribution in [3.63, 3.8) is 0 Å². The number of rotatable bonds is 4. The number of anilines is 1. The topological polar surface area (TPSA) is 23.5 Å². The zero-order valence-electron chi connectivity index (χ0n) is 9.27. The Balaban J connectivity index is 3.06. The van der Waals surface area contributed by atoms with Gasteiger partial charge in [-0.3, -0.25) is 0 Å². The van der Waals surface area contributed by atoms with Gasteiger partial charge in [-0.15, -0.1) is 6.42 Å². The number of hydrogen-bond donors (Lipinski definition) is 1. The van der Waals surface area contributed by atoms with Crippen LogP contribution in [0.1, 0.15) is 25.5 Å². The van der Waals surface area contributed by atoms with E-state index in [1.165, 1.54) is 0 Å². The number of aliphatic hydroxyl groups is 1. The van der Waals surface area contributed by atoms with Crippen molar-refractivity contribution in [1.29, 1.82) is 0 Å². The highest BCUT2D eigenvalue weighted by Crippen LogP contribution is 2.25. The molecule has 2 heteroatoms. The molecule has 0 aromatic heterocycles. The molecule has 15 heavy (non-hydrogen) atoms. The summed E-state index contributed by atoms with van der Waals surface area (Å²) in [6.45, 7) is 5.23.